The Morgan fingerprint density at radius 3 is 2.35 bits per heavy atom. The van der Waals surface area contributed by atoms with Gasteiger partial charge in [0.25, 0.3) is 5.91 Å². The van der Waals surface area contributed by atoms with Gasteiger partial charge >= 0.3 is 0 Å². The molecule has 0 aliphatic carbocycles. The molecule has 0 aliphatic rings. The standard InChI is InChI=1S/C11H23N3O3/c1-5-14(7-10(15)13-8(2)3)11(16)9(6-12)17-4/h8-9H,5-7,12H2,1-4H3,(H,13,15). The molecule has 0 spiro atoms. The van der Waals surface area contributed by atoms with Crippen LogP contribution in [0.3, 0.4) is 0 Å². The van der Waals surface area contributed by atoms with Crippen LogP contribution >= 0.6 is 0 Å². The van der Waals surface area contributed by atoms with Gasteiger partial charge in [0.2, 0.25) is 5.91 Å². The highest BCUT2D eigenvalue weighted by Crippen LogP contribution is 1.98. The Balaban J connectivity index is 4.41. The topological polar surface area (TPSA) is 84.7 Å². The molecule has 0 radical (unpaired) electrons. The van der Waals surface area contributed by atoms with E-state index in [1.54, 1.807) is 0 Å². The van der Waals surface area contributed by atoms with Crippen molar-refractivity contribution in [2.75, 3.05) is 26.7 Å². The van der Waals surface area contributed by atoms with Crippen LogP contribution in [0.4, 0.5) is 0 Å². The number of hydrogen-bond donors (Lipinski definition) is 2. The van der Waals surface area contributed by atoms with Crippen LogP contribution < -0.4 is 11.1 Å². The molecule has 1 atom stereocenters. The lowest BCUT2D eigenvalue weighted by atomic mass is 10.3. The summed E-state index contributed by atoms with van der Waals surface area (Å²) in [4.78, 5) is 24.9. The fourth-order valence-electron chi connectivity index (χ4n) is 1.39. The summed E-state index contributed by atoms with van der Waals surface area (Å²) in [6, 6.07) is 0.0593. The Morgan fingerprint density at radius 2 is 2.00 bits per heavy atom. The second-order valence-electron chi connectivity index (χ2n) is 4.03. The van der Waals surface area contributed by atoms with E-state index in [-0.39, 0.29) is 30.9 Å². The molecule has 1 unspecified atom stereocenters. The number of hydrogen-bond acceptors (Lipinski definition) is 4. The molecular formula is C11H23N3O3. The fourth-order valence-corrected chi connectivity index (χ4v) is 1.39. The highest BCUT2D eigenvalue weighted by Gasteiger charge is 2.23. The van der Waals surface area contributed by atoms with Crippen molar-refractivity contribution < 1.29 is 14.3 Å². The molecule has 0 saturated heterocycles. The number of likely N-dealkylation sites (N-methyl/N-ethyl adjacent to an activating group) is 1. The maximum atomic E-state index is 11.9. The maximum Gasteiger partial charge on any atom is 0.253 e. The molecule has 0 aromatic carbocycles. The fraction of sp³-hybridized carbons (Fsp3) is 0.818. The Morgan fingerprint density at radius 1 is 1.41 bits per heavy atom. The Kier molecular flexibility index (Phi) is 7.49. The summed E-state index contributed by atoms with van der Waals surface area (Å²) in [5.41, 5.74) is 5.42. The van der Waals surface area contributed by atoms with E-state index in [1.807, 2.05) is 20.8 Å². The first kappa shape index (κ1) is 15.9. The summed E-state index contributed by atoms with van der Waals surface area (Å²) in [5.74, 6) is -0.432. The number of methoxy groups -OCH3 is 1. The first-order valence-electron chi connectivity index (χ1n) is 5.77. The van der Waals surface area contributed by atoms with Crippen molar-refractivity contribution in [2.24, 2.45) is 5.73 Å². The van der Waals surface area contributed by atoms with Crippen LogP contribution in [0, 0.1) is 0 Å². The first-order valence-corrected chi connectivity index (χ1v) is 5.77. The normalized spacial score (nSPS) is 12.4. The Labute approximate surface area is 102 Å². The Hall–Kier alpha value is -1.14. The van der Waals surface area contributed by atoms with E-state index in [0.29, 0.717) is 6.54 Å². The van der Waals surface area contributed by atoms with Gasteiger partial charge in [-0.15, -0.1) is 0 Å². The molecule has 0 aromatic rings. The van der Waals surface area contributed by atoms with E-state index in [1.165, 1.54) is 12.0 Å². The lowest BCUT2D eigenvalue weighted by molar-refractivity contribution is -0.144. The number of carbonyl (C=O) groups is 2. The van der Waals surface area contributed by atoms with Crippen LogP contribution in [0.25, 0.3) is 0 Å². The molecule has 0 bridgehead atoms. The van der Waals surface area contributed by atoms with Crippen LogP contribution in [-0.4, -0.2) is 55.6 Å². The average molecular weight is 245 g/mol. The predicted molar refractivity (Wildman–Crippen MR) is 65.4 cm³/mol. The number of nitrogens with one attached hydrogen (secondary N) is 1. The monoisotopic (exact) mass is 245 g/mol. The van der Waals surface area contributed by atoms with Crippen molar-refractivity contribution in [2.45, 2.75) is 32.9 Å². The van der Waals surface area contributed by atoms with Crippen molar-refractivity contribution in [3.05, 3.63) is 0 Å². The average Bonchev–Trinajstić information content (AvgIpc) is 2.26. The number of rotatable bonds is 7. The lowest BCUT2D eigenvalue weighted by Crippen LogP contribution is -2.48. The molecule has 2 amide bonds. The molecule has 0 saturated carbocycles. The van der Waals surface area contributed by atoms with Gasteiger partial charge in [0.1, 0.15) is 6.10 Å². The van der Waals surface area contributed by atoms with Crippen LogP contribution in [0.1, 0.15) is 20.8 Å². The summed E-state index contributed by atoms with van der Waals surface area (Å²) in [6.07, 6.45) is -0.679. The number of ether oxygens (including phenoxy) is 1. The highest BCUT2D eigenvalue weighted by molar-refractivity contribution is 5.87. The summed E-state index contributed by atoms with van der Waals surface area (Å²) >= 11 is 0. The van der Waals surface area contributed by atoms with Crippen molar-refractivity contribution in [3.8, 4) is 0 Å². The summed E-state index contributed by atoms with van der Waals surface area (Å²) in [5, 5.41) is 2.73. The molecule has 0 heterocycles. The van der Waals surface area contributed by atoms with E-state index in [2.05, 4.69) is 5.32 Å². The second-order valence-corrected chi connectivity index (χ2v) is 4.03. The smallest absolute Gasteiger partial charge is 0.253 e. The largest absolute Gasteiger partial charge is 0.370 e. The lowest BCUT2D eigenvalue weighted by Gasteiger charge is -2.24. The zero-order valence-corrected chi connectivity index (χ0v) is 11.0. The molecule has 17 heavy (non-hydrogen) atoms. The second kappa shape index (κ2) is 8.03. The van der Waals surface area contributed by atoms with Gasteiger partial charge in [-0.3, -0.25) is 9.59 Å². The third-order valence-electron chi connectivity index (χ3n) is 2.25. The van der Waals surface area contributed by atoms with E-state index in [4.69, 9.17) is 10.5 Å². The summed E-state index contributed by atoms with van der Waals surface area (Å²) in [6.45, 7) is 6.14. The van der Waals surface area contributed by atoms with Crippen molar-refractivity contribution >= 4 is 11.8 Å². The van der Waals surface area contributed by atoms with Gasteiger partial charge < -0.3 is 20.7 Å². The predicted octanol–water partition coefficient (Wildman–Crippen LogP) is -0.667. The number of amides is 2. The minimum Gasteiger partial charge on any atom is -0.370 e. The van der Waals surface area contributed by atoms with Crippen LogP contribution in [0.5, 0.6) is 0 Å². The molecule has 0 rings (SSSR count). The molecule has 6 nitrogen and oxygen atoms in total. The molecule has 3 N–H and O–H groups in total. The SMILES string of the molecule is CCN(CC(=O)NC(C)C)C(=O)C(CN)OC. The summed E-state index contributed by atoms with van der Waals surface area (Å²) < 4.78 is 4.96. The number of nitrogens with two attached hydrogens (primary N) is 1. The van der Waals surface area contributed by atoms with Gasteiger partial charge in [0.15, 0.2) is 0 Å². The molecule has 0 aliphatic heterocycles. The minimum absolute atomic E-state index is 0.0351. The van der Waals surface area contributed by atoms with E-state index in [0.717, 1.165) is 0 Å². The van der Waals surface area contributed by atoms with Gasteiger partial charge in [-0.2, -0.15) is 0 Å². The van der Waals surface area contributed by atoms with Gasteiger partial charge in [-0.25, -0.2) is 0 Å². The van der Waals surface area contributed by atoms with E-state index < -0.39 is 6.10 Å². The summed E-state index contributed by atoms with van der Waals surface area (Å²) in [7, 11) is 1.43. The first-order chi connectivity index (χ1) is 7.96. The zero-order chi connectivity index (χ0) is 13.4. The zero-order valence-electron chi connectivity index (χ0n) is 11.0. The molecular weight excluding hydrogens is 222 g/mol. The third-order valence-corrected chi connectivity index (χ3v) is 2.25. The van der Waals surface area contributed by atoms with Gasteiger partial charge in [0, 0.05) is 26.2 Å². The van der Waals surface area contributed by atoms with E-state index in [9.17, 15) is 9.59 Å². The van der Waals surface area contributed by atoms with Crippen molar-refractivity contribution in [1.29, 1.82) is 0 Å². The Bertz CT molecular complexity index is 252. The molecule has 6 heteroatoms. The van der Waals surface area contributed by atoms with Crippen LogP contribution in [0.2, 0.25) is 0 Å². The number of carbonyl (C=O) groups excluding carboxylic acids is 2. The molecule has 0 aromatic heterocycles. The molecule has 0 fully saturated rings. The van der Waals surface area contributed by atoms with Gasteiger partial charge in [0.05, 0.1) is 6.54 Å². The maximum absolute atomic E-state index is 11.9. The van der Waals surface area contributed by atoms with E-state index >= 15 is 0 Å². The van der Waals surface area contributed by atoms with Crippen LogP contribution in [-0.2, 0) is 14.3 Å². The molecule has 100 valence electrons. The minimum atomic E-state index is -0.679. The number of nitrogens with zero attached hydrogens (tertiary/aromatic N) is 1. The van der Waals surface area contributed by atoms with Crippen LogP contribution in [0.15, 0.2) is 0 Å². The van der Waals surface area contributed by atoms with Gasteiger partial charge in [-0.05, 0) is 20.8 Å². The quantitative estimate of drug-likeness (QED) is 0.623. The van der Waals surface area contributed by atoms with Gasteiger partial charge in [-0.1, -0.05) is 0 Å². The van der Waals surface area contributed by atoms with Crippen molar-refractivity contribution in [1.82, 2.24) is 10.2 Å². The third kappa shape index (κ3) is 5.65. The highest BCUT2D eigenvalue weighted by atomic mass is 16.5. The van der Waals surface area contributed by atoms with Crippen molar-refractivity contribution in [3.63, 3.8) is 0 Å².